The molecule has 1 aliphatic heterocycles. The molecular formula is C24H30F2N4O2Si. The molecule has 2 amide bonds. The number of carbonyl (C=O) groups excluding carboxylic acids is 1. The van der Waals surface area contributed by atoms with Crippen LogP contribution in [0.25, 0.3) is 22.0 Å². The fraction of sp³-hybridized carbons (Fsp3) is 0.417. The van der Waals surface area contributed by atoms with E-state index in [4.69, 9.17) is 4.74 Å². The van der Waals surface area contributed by atoms with E-state index in [1.807, 2.05) is 6.07 Å². The van der Waals surface area contributed by atoms with Crippen LogP contribution in [0.15, 0.2) is 36.4 Å². The summed E-state index contributed by atoms with van der Waals surface area (Å²) in [6, 6.07) is 11.0. The second-order valence-corrected chi connectivity index (χ2v) is 15.3. The average molecular weight is 473 g/mol. The van der Waals surface area contributed by atoms with Crippen molar-refractivity contribution in [2.45, 2.75) is 45.3 Å². The highest BCUT2D eigenvalue weighted by atomic mass is 28.3. The number of ether oxygens (including phenoxy) is 1. The zero-order chi connectivity index (χ0) is 23.6. The molecule has 0 radical (unpaired) electrons. The smallest absolute Gasteiger partial charge is 0.323 e. The van der Waals surface area contributed by atoms with Crippen molar-refractivity contribution in [3.63, 3.8) is 0 Å². The summed E-state index contributed by atoms with van der Waals surface area (Å²) in [6.07, 6.45) is 1.90. The minimum atomic E-state index is -1.30. The summed E-state index contributed by atoms with van der Waals surface area (Å²) in [5.41, 5.74) is 0.653. The number of benzene rings is 2. The SMILES string of the molecule is C[Si](C)(C)CCOCn1nc(NC(=O)N2CCCC2)c2cc(-c3ccccc3)c(F)c(F)c21. The van der Waals surface area contributed by atoms with Crippen molar-refractivity contribution in [1.29, 1.82) is 0 Å². The normalized spacial score (nSPS) is 14.3. The first-order valence-electron chi connectivity index (χ1n) is 11.3. The maximum atomic E-state index is 15.3. The van der Waals surface area contributed by atoms with Gasteiger partial charge in [-0.05, 0) is 30.5 Å². The molecule has 1 N–H and O–H groups in total. The fourth-order valence-corrected chi connectivity index (χ4v) is 4.67. The zero-order valence-electron chi connectivity index (χ0n) is 19.3. The van der Waals surface area contributed by atoms with Gasteiger partial charge in [0.25, 0.3) is 0 Å². The molecule has 0 spiro atoms. The van der Waals surface area contributed by atoms with E-state index >= 15 is 8.78 Å². The Kier molecular flexibility index (Phi) is 6.80. The van der Waals surface area contributed by atoms with E-state index in [-0.39, 0.29) is 29.7 Å². The van der Waals surface area contributed by atoms with Crippen LogP contribution >= 0.6 is 0 Å². The molecule has 0 bridgehead atoms. The maximum absolute atomic E-state index is 15.3. The summed E-state index contributed by atoms with van der Waals surface area (Å²) in [5, 5.41) is 7.56. The lowest BCUT2D eigenvalue weighted by atomic mass is 10.0. The third-order valence-corrected chi connectivity index (χ3v) is 7.53. The Labute approximate surface area is 193 Å². The highest BCUT2D eigenvalue weighted by Crippen LogP contribution is 2.34. The van der Waals surface area contributed by atoms with Crippen LogP contribution in [-0.2, 0) is 11.5 Å². The molecule has 6 nitrogen and oxygen atoms in total. The van der Waals surface area contributed by atoms with Gasteiger partial charge in [0.15, 0.2) is 17.5 Å². The molecule has 0 saturated carbocycles. The fourth-order valence-electron chi connectivity index (χ4n) is 3.92. The van der Waals surface area contributed by atoms with Crippen molar-refractivity contribution < 1.29 is 18.3 Å². The van der Waals surface area contributed by atoms with Crippen LogP contribution in [-0.4, -0.2) is 48.5 Å². The number of rotatable bonds is 7. The summed E-state index contributed by atoms with van der Waals surface area (Å²) in [6.45, 7) is 8.55. The second-order valence-electron chi connectivity index (χ2n) is 9.63. The van der Waals surface area contributed by atoms with Gasteiger partial charge in [-0.2, -0.15) is 5.10 Å². The van der Waals surface area contributed by atoms with Crippen LogP contribution in [0.4, 0.5) is 19.4 Å². The number of hydrogen-bond acceptors (Lipinski definition) is 3. The van der Waals surface area contributed by atoms with Gasteiger partial charge in [0.2, 0.25) is 0 Å². The van der Waals surface area contributed by atoms with Crippen molar-refractivity contribution in [1.82, 2.24) is 14.7 Å². The highest BCUT2D eigenvalue weighted by molar-refractivity contribution is 6.76. The molecule has 33 heavy (non-hydrogen) atoms. The molecule has 1 aliphatic rings. The summed E-state index contributed by atoms with van der Waals surface area (Å²) < 4.78 is 37.5. The van der Waals surface area contributed by atoms with Crippen LogP contribution in [0.2, 0.25) is 25.7 Å². The van der Waals surface area contributed by atoms with Gasteiger partial charge >= 0.3 is 6.03 Å². The number of amides is 2. The Morgan fingerprint density at radius 3 is 2.48 bits per heavy atom. The number of halogens is 2. The molecule has 1 saturated heterocycles. The van der Waals surface area contributed by atoms with Crippen molar-refractivity contribution in [3.8, 4) is 11.1 Å². The number of anilines is 1. The summed E-state index contributed by atoms with van der Waals surface area (Å²) in [4.78, 5) is 14.4. The maximum Gasteiger partial charge on any atom is 0.323 e. The van der Waals surface area contributed by atoms with Crippen LogP contribution in [0, 0.1) is 11.6 Å². The van der Waals surface area contributed by atoms with E-state index in [9.17, 15) is 4.79 Å². The van der Waals surface area contributed by atoms with E-state index in [1.54, 1.807) is 35.2 Å². The van der Waals surface area contributed by atoms with E-state index in [0.29, 0.717) is 30.6 Å². The predicted molar refractivity (Wildman–Crippen MR) is 129 cm³/mol. The molecule has 1 aromatic heterocycles. The molecule has 2 heterocycles. The van der Waals surface area contributed by atoms with Crippen molar-refractivity contribution in [2.24, 2.45) is 0 Å². The first-order valence-corrected chi connectivity index (χ1v) is 15.0. The topological polar surface area (TPSA) is 59.4 Å². The molecule has 4 rings (SSSR count). The van der Waals surface area contributed by atoms with Gasteiger partial charge < -0.3 is 9.64 Å². The Hall–Kier alpha value is -2.78. The summed E-state index contributed by atoms with van der Waals surface area (Å²) >= 11 is 0. The molecule has 1 fully saturated rings. The van der Waals surface area contributed by atoms with Crippen LogP contribution in [0.1, 0.15) is 12.8 Å². The van der Waals surface area contributed by atoms with Gasteiger partial charge in [-0.1, -0.05) is 50.0 Å². The molecule has 0 aliphatic carbocycles. The third-order valence-electron chi connectivity index (χ3n) is 5.83. The van der Waals surface area contributed by atoms with Gasteiger partial charge in [0.05, 0.1) is 0 Å². The number of urea groups is 1. The average Bonchev–Trinajstić information content (AvgIpc) is 3.42. The quantitative estimate of drug-likeness (QED) is 0.343. The van der Waals surface area contributed by atoms with E-state index in [0.717, 1.165) is 18.9 Å². The molecule has 2 aromatic carbocycles. The number of likely N-dealkylation sites (tertiary alicyclic amines) is 1. The number of hydrogen-bond donors (Lipinski definition) is 1. The number of aromatic nitrogens is 2. The van der Waals surface area contributed by atoms with E-state index in [2.05, 4.69) is 30.1 Å². The predicted octanol–water partition coefficient (Wildman–Crippen LogP) is 5.92. The number of carbonyl (C=O) groups is 1. The number of nitrogens with zero attached hydrogens (tertiary/aromatic N) is 3. The Bertz CT molecular complexity index is 1140. The molecule has 9 heteroatoms. The van der Waals surface area contributed by atoms with Gasteiger partial charge in [-0.3, -0.25) is 5.32 Å². The van der Waals surface area contributed by atoms with Gasteiger partial charge in [0.1, 0.15) is 12.2 Å². The van der Waals surface area contributed by atoms with Crippen molar-refractivity contribution in [2.75, 3.05) is 25.0 Å². The molecule has 3 aromatic rings. The Morgan fingerprint density at radius 1 is 1.12 bits per heavy atom. The summed E-state index contributed by atoms with van der Waals surface area (Å²) in [7, 11) is -1.30. The summed E-state index contributed by atoms with van der Waals surface area (Å²) in [5.74, 6) is -1.75. The van der Waals surface area contributed by atoms with Crippen LogP contribution in [0.5, 0.6) is 0 Å². The standard InChI is InChI=1S/C24H30F2N4O2Si/c1-33(2,3)14-13-32-16-30-22-19(23(28-30)27-24(31)29-11-7-8-12-29)15-18(20(25)21(22)26)17-9-5-4-6-10-17/h4-6,9-10,15H,7-8,11-14,16H2,1-3H3,(H,27,28,31). The largest absolute Gasteiger partial charge is 0.360 e. The minimum absolute atomic E-state index is 0.0168. The van der Waals surface area contributed by atoms with Crippen molar-refractivity contribution in [3.05, 3.63) is 48.0 Å². The lowest BCUT2D eigenvalue weighted by Gasteiger charge is -2.15. The number of nitrogens with one attached hydrogen (secondary N) is 1. The van der Waals surface area contributed by atoms with E-state index < -0.39 is 19.7 Å². The molecule has 0 unspecified atom stereocenters. The van der Waals surface area contributed by atoms with Crippen LogP contribution in [0.3, 0.4) is 0 Å². The van der Waals surface area contributed by atoms with Gasteiger partial charge in [-0.25, -0.2) is 18.3 Å². The Balaban J connectivity index is 1.72. The molecule has 0 atom stereocenters. The molecular weight excluding hydrogens is 442 g/mol. The zero-order valence-corrected chi connectivity index (χ0v) is 20.3. The monoisotopic (exact) mass is 472 g/mol. The minimum Gasteiger partial charge on any atom is -0.360 e. The lowest BCUT2D eigenvalue weighted by Crippen LogP contribution is -2.32. The van der Waals surface area contributed by atoms with Crippen LogP contribution < -0.4 is 5.32 Å². The van der Waals surface area contributed by atoms with Gasteiger partial charge in [0, 0.05) is 38.7 Å². The first-order chi connectivity index (χ1) is 15.7. The van der Waals surface area contributed by atoms with E-state index in [1.165, 1.54) is 4.68 Å². The Morgan fingerprint density at radius 2 is 1.82 bits per heavy atom. The number of fused-ring (bicyclic) bond motifs is 1. The first kappa shape index (κ1) is 23.4. The van der Waals surface area contributed by atoms with Crippen molar-refractivity contribution >= 4 is 30.8 Å². The second kappa shape index (κ2) is 9.60. The highest BCUT2D eigenvalue weighted by Gasteiger charge is 2.25. The van der Waals surface area contributed by atoms with Gasteiger partial charge in [-0.15, -0.1) is 0 Å². The third kappa shape index (κ3) is 5.25. The lowest BCUT2D eigenvalue weighted by molar-refractivity contribution is 0.0814. The molecule has 176 valence electrons.